The maximum atomic E-state index is 15.5. The maximum absolute atomic E-state index is 15.5. The third-order valence-corrected chi connectivity index (χ3v) is 6.81. The van der Waals surface area contributed by atoms with Crippen LogP contribution in [0.4, 0.5) is 21.7 Å². The smallest absolute Gasteiger partial charge is 0.229 e. The molecule has 0 bridgehead atoms. The van der Waals surface area contributed by atoms with Crippen molar-refractivity contribution >= 4 is 28.4 Å². The van der Waals surface area contributed by atoms with Crippen molar-refractivity contribution in [3.63, 3.8) is 0 Å². The summed E-state index contributed by atoms with van der Waals surface area (Å²) >= 11 is 0. The van der Waals surface area contributed by atoms with E-state index >= 15 is 4.39 Å². The van der Waals surface area contributed by atoms with Crippen LogP contribution in [0.3, 0.4) is 0 Å². The average molecular weight is 504 g/mol. The van der Waals surface area contributed by atoms with Gasteiger partial charge >= 0.3 is 0 Å². The summed E-state index contributed by atoms with van der Waals surface area (Å²) in [5.74, 6) is 0.550. The molecule has 8 nitrogen and oxygen atoms in total. The summed E-state index contributed by atoms with van der Waals surface area (Å²) < 4.78 is 17.2. The van der Waals surface area contributed by atoms with Crippen molar-refractivity contribution < 1.29 is 9.50 Å². The first-order valence-electron chi connectivity index (χ1n) is 12.8. The van der Waals surface area contributed by atoms with Crippen LogP contribution in [0.15, 0.2) is 48.7 Å². The van der Waals surface area contributed by atoms with Gasteiger partial charge in [0.1, 0.15) is 11.4 Å². The Balaban J connectivity index is 1.49. The van der Waals surface area contributed by atoms with Crippen molar-refractivity contribution in [2.75, 3.05) is 43.4 Å². The van der Waals surface area contributed by atoms with E-state index in [0.717, 1.165) is 38.3 Å². The van der Waals surface area contributed by atoms with Gasteiger partial charge in [-0.25, -0.2) is 14.4 Å². The first-order chi connectivity index (χ1) is 17.7. The van der Waals surface area contributed by atoms with Gasteiger partial charge in [-0.3, -0.25) is 4.57 Å². The second-order valence-corrected chi connectivity index (χ2v) is 10.2. The summed E-state index contributed by atoms with van der Waals surface area (Å²) in [6.45, 7) is 9.49. The molecule has 0 saturated carbocycles. The number of pyridine rings is 1. The monoisotopic (exact) mass is 503 g/mol. The van der Waals surface area contributed by atoms with E-state index in [1.54, 1.807) is 30.5 Å². The molecule has 3 aromatic heterocycles. The summed E-state index contributed by atoms with van der Waals surface area (Å²) in [5.41, 5.74) is 2.36. The van der Waals surface area contributed by atoms with E-state index in [1.807, 2.05) is 25.1 Å². The molecule has 0 unspecified atom stereocenters. The number of halogens is 1. The SMILES string of the molecule is CCCc1c(F)c2cnc(Nc3ccc(N4CCN(C)CC4)cc3)nc2n1-c1cccc(C(C)(C)O)n1. The van der Waals surface area contributed by atoms with Crippen molar-refractivity contribution in [3.05, 3.63) is 65.9 Å². The number of hydrogen-bond donors (Lipinski definition) is 2. The maximum Gasteiger partial charge on any atom is 0.229 e. The minimum atomic E-state index is -1.12. The fourth-order valence-electron chi connectivity index (χ4n) is 4.68. The number of rotatable bonds is 7. The van der Waals surface area contributed by atoms with E-state index in [1.165, 1.54) is 11.9 Å². The van der Waals surface area contributed by atoms with Gasteiger partial charge in [0, 0.05) is 43.8 Å². The number of fused-ring (bicyclic) bond motifs is 1. The van der Waals surface area contributed by atoms with Gasteiger partial charge in [0.2, 0.25) is 5.95 Å². The number of piperazine rings is 1. The summed E-state index contributed by atoms with van der Waals surface area (Å²) in [6, 6.07) is 13.6. The molecule has 37 heavy (non-hydrogen) atoms. The molecule has 1 aliphatic rings. The lowest BCUT2D eigenvalue weighted by atomic mass is 10.1. The number of anilines is 3. The van der Waals surface area contributed by atoms with E-state index in [2.05, 4.69) is 44.3 Å². The summed E-state index contributed by atoms with van der Waals surface area (Å²) in [4.78, 5) is 18.5. The molecular formula is C28H34FN7O. The van der Waals surface area contributed by atoms with E-state index in [0.29, 0.717) is 40.6 Å². The van der Waals surface area contributed by atoms with Crippen LogP contribution in [-0.4, -0.2) is 62.8 Å². The van der Waals surface area contributed by atoms with Gasteiger partial charge in [0.05, 0.1) is 16.8 Å². The molecule has 0 spiro atoms. The molecule has 1 aromatic carbocycles. The molecule has 0 atom stereocenters. The Labute approximate surface area is 216 Å². The Bertz CT molecular complexity index is 1390. The summed E-state index contributed by atoms with van der Waals surface area (Å²) in [5, 5.41) is 14.1. The molecule has 1 fully saturated rings. The molecule has 194 valence electrons. The van der Waals surface area contributed by atoms with Gasteiger partial charge in [0.15, 0.2) is 11.5 Å². The van der Waals surface area contributed by atoms with E-state index in [9.17, 15) is 5.11 Å². The topological polar surface area (TPSA) is 82.3 Å². The average Bonchev–Trinajstić information content (AvgIpc) is 3.15. The number of aromatic nitrogens is 4. The predicted molar refractivity (Wildman–Crippen MR) is 145 cm³/mol. The second-order valence-electron chi connectivity index (χ2n) is 10.2. The van der Waals surface area contributed by atoms with Crippen LogP contribution >= 0.6 is 0 Å². The van der Waals surface area contributed by atoms with Crippen LogP contribution < -0.4 is 10.2 Å². The van der Waals surface area contributed by atoms with Crippen LogP contribution in [-0.2, 0) is 12.0 Å². The van der Waals surface area contributed by atoms with Gasteiger partial charge in [-0.2, -0.15) is 4.98 Å². The first-order valence-corrected chi connectivity index (χ1v) is 12.8. The Kier molecular flexibility index (Phi) is 6.83. The highest BCUT2D eigenvalue weighted by atomic mass is 19.1. The Morgan fingerprint density at radius 1 is 1.03 bits per heavy atom. The zero-order valence-electron chi connectivity index (χ0n) is 21.9. The molecule has 0 amide bonds. The largest absolute Gasteiger partial charge is 0.384 e. The fourth-order valence-corrected chi connectivity index (χ4v) is 4.68. The third kappa shape index (κ3) is 5.14. The van der Waals surface area contributed by atoms with Crippen LogP contribution in [0.2, 0.25) is 0 Å². The molecule has 4 aromatic rings. The van der Waals surface area contributed by atoms with Gasteiger partial charge in [-0.1, -0.05) is 19.4 Å². The molecule has 5 rings (SSSR count). The zero-order valence-corrected chi connectivity index (χ0v) is 21.9. The Morgan fingerprint density at radius 2 is 1.76 bits per heavy atom. The molecular weight excluding hydrogens is 469 g/mol. The van der Waals surface area contributed by atoms with Crippen LogP contribution in [0.1, 0.15) is 38.6 Å². The van der Waals surface area contributed by atoms with Gasteiger partial charge in [-0.15, -0.1) is 0 Å². The minimum absolute atomic E-state index is 0.338. The molecule has 4 heterocycles. The highest BCUT2D eigenvalue weighted by Gasteiger charge is 2.23. The van der Waals surface area contributed by atoms with Crippen LogP contribution in [0, 0.1) is 5.82 Å². The van der Waals surface area contributed by atoms with E-state index < -0.39 is 5.60 Å². The molecule has 0 radical (unpaired) electrons. The van der Waals surface area contributed by atoms with Crippen LogP contribution in [0.25, 0.3) is 16.9 Å². The number of hydrogen-bond acceptors (Lipinski definition) is 7. The number of nitrogens with zero attached hydrogens (tertiary/aromatic N) is 6. The molecule has 1 aliphatic heterocycles. The quantitative estimate of drug-likeness (QED) is 0.381. The molecule has 9 heteroatoms. The Morgan fingerprint density at radius 3 is 2.43 bits per heavy atom. The van der Waals surface area contributed by atoms with Crippen molar-refractivity contribution in [3.8, 4) is 5.82 Å². The minimum Gasteiger partial charge on any atom is -0.384 e. The molecule has 0 aliphatic carbocycles. The molecule has 2 N–H and O–H groups in total. The summed E-state index contributed by atoms with van der Waals surface area (Å²) in [6.07, 6.45) is 2.80. The van der Waals surface area contributed by atoms with Crippen molar-refractivity contribution in [1.82, 2.24) is 24.4 Å². The van der Waals surface area contributed by atoms with E-state index in [-0.39, 0.29) is 5.82 Å². The van der Waals surface area contributed by atoms with Gasteiger partial charge < -0.3 is 20.2 Å². The highest BCUT2D eigenvalue weighted by Crippen LogP contribution is 2.30. The number of aliphatic hydroxyl groups is 1. The lowest BCUT2D eigenvalue weighted by Gasteiger charge is -2.34. The number of likely N-dealkylation sites (N-methyl/N-ethyl adjacent to an activating group) is 1. The Hall–Kier alpha value is -3.56. The second kappa shape index (κ2) is 10.1. The van der Waals surface area contributed by atoms with Crippen molar-refractivity contribution in [2.45, 2.75) is 39.2 Å². The fraction of sp³-hybridized carbons (Fsp3) is 0.393. The predicted octanol–water partition coefficient (Wildman–Crippen LogP) is 4.63. The van der Waals surface area contributed by atoms with Crippen molar-refractivity contribution in [1.29, 1.82) is 0 Å². The van der Waals surface area contributed by atoms with E-state index in [4.69, 9.17) is 4.98 Å². The van der Waals surface area contributed by atoms with Gasteiger partial charge in [-0.05, 0) is 63.7 Å². The van der Waals surface area contributed by atoms with Crippen LogP contribution in [0.5, 0.6) is 0 Å². The first kappa shape index (κ1) is 25.1. The van der Waals surface area contributed by atoms with Gasteiger partial charge in [0.25, 0.3) is 0 Å². The zero-order chi connectivity index (χ0) is 26.2. The number of benzene rings is 1. The standard InChI is InChI=1S/C28H34FN7O/c1-5-7-22-25(29)21-18-30-27(31-19-10-12-20(13-11-19)35-16-14-34(4)15-17-35)33-26(21)36(22)24-9-6-8-23(32-24)28(2,3)37/h6,8-13,18,37H,5,7,14-17H2,1-4H3,(H,30,31,33). The lowest BCUT2D eigenvalue weighted by Crippen LogP contribution is -2.44. The molecule has 1 saturated heterocycles. The summed E-state index contributed by atoms with van der Waals surface area (Å²) in [7, 11) is 2.15. The number of nitrogens with one attached hydrogen (secondary N) is 1. The normalized spacial score (nSPS) is 14.9. The highest BCUT2D eigenvalue weighted by molar-refractivity contribution is 5.81. The van der Waals surface area contributed by atoms with Crippen molar-refractivity contribution in [2.24, 2.45) is 0 Å². The third-order valence-electron chi connectivity index (χ3n) is 6.81. The lowest BCUT2D eigenvalue weighted by molar-refractivity contribution is 0.0738.